The Morgan fingerprint density at radius 3 is 2.05 bits per heavy atom. The molecular formula is C21H34. The molecule has 0 aromatic heterocycles. The Balaban J connectivity index is 1.47. The number of rotatable bonds is 11. The van der Waals surface area contributed by atoms with Crippen LogP contribution in [0.1, 0.15) is 94.2 Å². The predicted octanol–water partition coefficient (Wildman–Crippen LogP) is 6.64. The van der Waals surface area contributed by atoms with Crippen molar-refractivity contribution in [1.82, 2.24) is 0 Å². The second-order valence-electron chi connectivity index (χ2n) is 6.89. The highest BCUT2D eigenvalue weighted by Crippen LogP contribution is 2.23. The Morgan fingerprint density at radius 1 is 0.714 bits per heavy atom. The number of unbranched alkanes of at least 4 members (excludes halogenated alkanes) is 9. The van der Waals surface area contributed by atoms with Gasteiger partial charge < -0.3 is 0 Å². The summed E-state index contributed by atoms with van der Waals surface area (Å²) in [6.45, 7) is 2.29. The molecule has 0 heteroatoms. The quantitative estimate of drug-likeness (QED) is 0.400. The lowest BCUT2D eigenvalue weighted by Crippen LogP contribution is -1.90. The van der Waals surface area contributed by atoms with Gasteiger partial charge in [-0.2, -0.15) is 0 Å². The number of aryl methyl sites for hydroxylation is 3. The van der Waals surface area contributed by atoms with Gasteiger partial charge >= 0.3 is 0 Å². The molecule has 0 bridgehead atoms. The van der Waals surface area contributed by atoms with Gasteiger partial charge in [-0.1, -0.05) is 82.9 Å². The van der Waals surface area contributed by atoms with Crippen LogP contribution in [0.25, 0.3) is 0 Å². The fourth-order valence-electron chi connectivity index (χ4n) is 3.60. The molecule has 0 saturated carbocycles. The van der Waals surface area contributed by atoms with Gasteiger partial charge in [-0.3, -0.25) is 0 Å². The van der Waals surface area contributed by atoms with Crippen LogP contribution in [0.2, 0.25) is 0 Å². The summed E-state index contributed by atoms with van der Waals surface area (Å²) in [4.78, 5) is 0. The zero-order valence-electron chi connectivity index (χ0n) is 14.1. The summed E-state index contributed by atoms with van der Waals surface area (Å²) in [5, 5.41) is 0. The molecule has 1 aliphatic rings. The summed E-state index contributed by atoms with van der Waals surface area (Å²) in [6, 6.07) is 7.24. The molecule has 0 nitrogen and oxygen atoms in total. The second-order valence-corrected chi connectivity index (χ2v) is 6.89. The first-order valence-corrected chi connectivity index (χ1v) is 9.51. The van der Waals surface area contributed by atoms with E-state index in [1.165, 1.54) is 89.9 Å². The van der Waals surface area contributed by atoms with Gasteiger partial charge in [0.2, 0.25) is 0 Å². The molecule has 0 heterocycles. The fourth-order valence-corrected chi connectivity index (χ4v) is 3.60. The first-order valence-electron chi connectivity index (χ1n) is 9.51. The molecule has 0 aliphatic heterocycles. The lowest BCUT2D eigenvalue weighted by molar-refractivity contribution is 0.556. The molecule has 2 rings (SSSR count). The van der Waals surface area contributed by atoms with Gasteiger partial charge in [0.25, 0.3) is 0 Å². The summed E-state index contributed by atoms with van der Waals surface area (Å²) in [5.74, 6) is 0. The molecule has 0 fully saturated rings. The molecule has 1 aromatic carbocycles. The van der Waals surface area contributed by atoms with E-state index in [-0.39, 0.29) is 0 Å². The van der Waals surface area contributed by atoms with Gasteiger partial charge in [-0.05, 0) is 48.8 Å². The highest BCUT2D eigenvalue weighted by atomic mass is 14.2. The van der Waals surface area contributed by atoms with Crippen molar-refractivity contribution in [2.75, 3.05) is 0 Å². The van der Waals surface area contributed by atoms with Crippen molar-refractivity contribution in [2.45, 2.75) is 96.8 Å². The van der Waals surface area contributed by atoms with Gasteiger partial charge in [0.15, 0.2) is 0 Å². The monoisotopic (exact) mass is 286 g/mol. The van der Waals surface area contributed by atoms with Crippen LogP contribution < -0.4 is 0 Å². The minimum Gasteiger partial charge on any atom is -0.0654 e. The molecule has 0 atom stereocenters. The topological polar surface area (TPSA) is 0 Å². The summed E-state index contributed by atoms with van der Waals surface area (Å²) in [5.41, 5.74) is 4.83. The molecule has 0 N–H and O–H groups in total. The van der Waals surface area contributed by atoms with E-state index < -0.39 is 0 Å². The number of fused-ring (bicyclic) bond motifs is 1. The third-order valence-electron chi connectivity index (χ3n) is 4.98. The molecule has 0 radical (unpaired) electrons. The standard InChI is InChI=1S/C21H34/c1-2-3-4-5-6-7-8-9-10-11-13-19-16-17-20-14-12-15-21(20)18-19/h16-18H,2-15H2,1H3. The van der Waals surface area contributed by atoms with Gasteiger partial charge in [-0.15, -0.1) is 0 Å². The number of benzene rings is 1. The zero-order chi connectivity index (χ0) is 14.8. The van der Waals surface area contributed by atoms with E-state index in [2.05, 4.69) is 25.1 Å². The van der Waals surface area contributed by atoms with E-state index in [1.54, 1.807) is 16.7 Å². The Kier molecular flexibility index (Phi) is 7.92. The van der Waals surface area contributed by atoms with Gasteiger partial charge in [-0.25, -0.2) is 0 Å². The smallest absolute Gasteiger partial charge is 0.0273 e. The molecule has 0 saturated heterocycles. The van der Waals surface area contributed by atoms with Crippen LogP contribution in [-0.2, 0) is 19.3 Å². The van der Waals surface area contributed by atoms with Crippen LogP contribution in [0.4, 0.5) is 0 Å². The largest absolute Gasteiger partial charge is 0.0654 e. The van der Waals surface area contributed by atoms with E-state index in [9.17, 15) is 0 Å². The summed E-state index contributed by atoms with van der Waals surface area (Å²) >= 11 is 0. The van der Waals surface area contributed by atoms with Crippen molar-refractivity contribution < 1.29 is 0 Å². The Morgan fingerprint density at radius 2 is 1.33 bits per heavy atom. The maximum absolute atomic E-state index is 2.48. The SMILES string of the molecule is CCCCCCCCCCCCc1ccc2c(c1)CCC2. The third kappa shape index (κ3) is 6.24. The average molecular weight is 287 g/mol. The Bertz CT molecular complexity index is 391. The minimum absolute atomic E-state index is 1.30. The van der Waals surface area contributed by atoms with Crippen LogP contribution in [0.3, 0.4) is 0 Å². The predicted molar refractivity (Wildman–Crippen MR) is 94.0 cm³/mol. The van der Waals surface area contributed by atoms with Crippen LogP contribution in [0, 0.1) is 0 Å². The molecule has 21 heavy (non-hydrogen) atoms. The fraction of sp³-hybridized carbons (Fsp3) is 0.714. The van der Waals surface area contributed by atoms with Crippen LogP contribution >= 0.6 is 0 Å². The van der Waals surface area contributed by atoms with E-state index in [1.807, 2.05) is 0 Å². The maximum atomic E-state index is 2.48. The average Bonchev–Trinajstić information content (AvgIpc) is 2.97. The molecule has 118 valence electrons. The van der Waals surface area contributed by atoms with Crippen molar-refractivity contribution in [3.8, 4) is 0 Å². The second kappa shape index (κ2) is 10.0. The minimum atomic E-state index is 1.30. The Hall–Kier alpha value is -0.780. The van der Waals surface area contributed by atoms with Crippen LogP contribution in [-0.4, -0.2) is 0 Å². The van der Waals surface area contributed by atoms with Gasteiger partial charge in [0.05, 0.1) is 0 Å². The summed E-state index contributed by atoms with van der Waals surface area (Å²) in [6.07, 6.45) is 19.6. The normalized spacial score (nSPS) is 13.6. The zero-order valence-corrected chi connectivity index (χ0v) is 14.1. The van der Waals surface area contributed by atoms with Crippen molar-refractivity contribution in [3.05, 3.63) is 34.9 Å². The first-order chi connectivity index (χ1) is 10.4. The van der Waals surface area contributed by atoms with Crippen LogP contribution in [0.15, 0.2) is 18.2 Å². The van der Waals surface area contributed by atoms with E-state index in [4.69, 9.17) is 0 Å². The van der Waals surface area contributed by atoms with E-state index in [0.29, 0.717) is 0 Å². The summed E-state index contributed by atoms with van der Waals surface area (Å²) in [7, 11) is 0. The molecule has 0 spiro atoms. The molecule has 1 aliphatic carbocycles. The lowest BCUT2D eigenvalue weighted by atomic mass is 10.0. The molecule has 0 amide bonds. The highest BCUT2D eigenvalue weighted by Gasteiger charge is 2.10. The number of hydrogen-bond acceptors (Lipinski definition) is 0. The van der Waals surface area contributed by atoms with Crippen molar-refractivity contribution in [2.24, 2.45) is 0 Å². The number of hydrogen-bond donors (Lipinski definition) is 0. The molecular weight excluding hydrogens is 252 g/mol. The summed E-state index contributed by atoms with van der Waals surface area (Å²) < 4.78 is 0. The van der Waals surface area contributed by atoms with Crippen molar-refractivity contribution in [3.63, 3.8) is 0 Å². The highest BCUT2D eigenvalue weighted by molar-refractivity contribution is 5.35. The van der Waals surface area contributed by atoms with E-state index >= 15 is 0 Å². The van der Waals surface area contributed by atoms with Crippen molar-refractivity contribution >= 4 is 0 Å². The third-order valence-corrected chi connectivity index (χ3v) is 4.98. The van der Waals surface area contributed by atoms with Crippen LogP contribution in [0.5, 0.6) is 0 Å². The van der Waals surface area contributed by atoms with E-state index in [0.717, 1.165) is 0 Å². The Labute approximate surface area is 132 Å². The first kappa shape index (κ1) is 16.6. The lowest BCUT2D eigenvalue weighted by Gasteiger charge is -2.05. The molecule has 1 aromatic rings. The molecule has 0 unspecified atom stereocenters. The maximum Gasteiger partial charge on any atom is -0.0273 e. The van der Waals surface area contributed by atoms with Gasteiger partial charge in [0.1, 0.15) is 0 Å². The van der Waals surface area contributed by atoms with Crippen molar-refractivity contribution in [1.29, 1.82) is 0 Å². The van der Waals surface area contributed by atoms with Gasteiger partial charge in [0, 0.05) is 0 Å².